The van der Waals surface area contributed by atoms with Crippen molar-refractivity contribution in [2.24, 2.45) is 0 Å². The molecule has 5 heteroatoms. The van der Waals surface area contributed by atoms with Crippen LogP contribution in [0.5, 0.6) is 5.88 Å². The number of benzene rings is 1. The molecule has 0 fully saturated rings. The molecule has 3 rings (SSSR count). The van der Waals surface area contributed by atoms with E-state index in [1.807, 2.05) is 49.4 Å². The van der Waals surface area contributed by atoms with Gasteiger partial charge in [-0.05, 0) is 24.6 Å². The number of carbonyl (C=O) groups is 1. The first-order valence-electron chi connectivity index (χ1n) is 7.94. The molecule has 0 saturated heterocycles. The van der Waals surface area contributed by atoms with Crippen LogP contribution in [0.25, 0.3) is 10.9 Å². The standard InChI is InChI=1S/C19H19N3O2/c1-2-24-19-16(9-5-11-21-19)13-22-17(23)12-15-7-3-6-14-8-4-10-20-18(14)15/h3-11H,2,12-13H2,1H3,(H,22,23). The van der Waals surface area contributed by atoms with E-state index in [1.54, 1.807) is 12.4 Å². The van der Waals surface area contributed by atoms with Crippen LogP contribution in [0.2, 0.25) is 0 Å². The highest BCUT2D eigenvalue weighted by Crippen LogP contribution is 2.17. The zero-order chi connectivity index (χ0) is 16.8. The molecule has 2 aromatic heterocycles. The van der Waals surface area contributed by atoms with Crippen LogP contribution in [0.1, 0.15) is 18.1 Å². The number of hydrogen-bond donors (Lipinski definition) is 1. The molecule has 0 unspecified atom stereocenters. The normalized spacial score (nSPS) is 10.5. The molecule has 0 saturated carbocycles. The molecule has 122 valence electrons. The van der Waals surface area contributed by atoms with E-state index >= 15 is 0 Å². The van der Waals surface area contributed by atoms with Gasteiger partial charge in [0.15, 0.2) is 0 Å². The molecule has 5 nitrogen and oxygen atoms in total. The van der Waals surface area contributed by atoms with Crippen molar-refractivity contribution in [2.45, 2.75) is 19.9 Å². The van der Waals surface area contributed by atoms with Crippen LogP contribution in [-0.4, -0.2) is 22.5 Å². The second-order valence-corrected chi connectivity index (χ2v) is 5.35. The van der Waals surface area contributed by atoms with E-state index < -0.39 is 0 Å². The number of amides is 1. The molecule has 0 atom stereocenters. The lowest BCUT2D eigenvalue weighted by Crippen LogP contribution is -2.25. The maximum Gasteiger partial charge on any atom is 0.224 e. The number of nitrogens with zero attached hydrogens (tertiary/aromatic N) is 2. The lowest BCUT2D eigenvalue weighted by Gasteiger charge is -2.10. The Morgan fingerprint density at radius 3 is 2.67 bits per heavy atom. The Morgan fingerprint density at radius 2 is 1.79 bits per heavy atom. The smallest absolute Gasteiger partial charge is 0.224 e. The second-order valence-electron chi connectivity index (χ2n) is 5.35. The summed E-state index contributed by atoms with van der Waals surface area (Å²) < 4.78 is 5.47. The van der Waals surface area contributed by atoms with Crippen LogP contribution in [0.4, 0.5) is 0 Å². The molecule has 1 amide bonds. The number of carbonyl (C=O) groups excluding carboxylic acids is 1. The van der Waals surface area contributed by atoms with Gasteiger partial charge in [0.25, 0.3) is 0 Å². The van der Waals surface area contributed by atoms with Gasteiger partial charge in [-0.2, -0.15) is 0 Å². The highest BCUT2D eigenvalue weighted by atomic mass is 16.5. The Kier molecular flexibility index (Phi) is 5.01. The fourth-order valence-electron chi connectivity index (χ4n) is 2.56. The number of fused-ring (bicyclic) bond motifs is 1. The van der Waals surface area contributed by atoms with Crippen molar-refractivity contribution < 1.29 is 9.53 Å². The van der Waals surface area contributed by atoms with Gasteiger partial charge < -0.3 is 10.1 Å². The molecule has 1 aromatic carbocycles. The van der Waals surface area contributed by atoms with Crippen LogP contribution in [0.15, 0.2) is 54.9 Å². The van der Waals surface area contributed by atoms with Crippen LogP contribution < -0.4 is 10.1 Å². The Morgan fingerprint density at radius 1 is 1.04 bits per heavy atom. The first-order chi connectivity index (χ1) is 11.8. The van der Waals surface area contributed by atoms with Crippen LogP contribution >= 0.6 is 0 Å². The summed E-state index contributed by atoms with van der Waals surface area (Å²) in [5.74, 6) is 0.506. The summed E-state index contributed by atoms with van der Waals surface area (Å²) >= 11 is 0. The van der Waals surface area contributed by atoms with E-state index in [1.165, 1.54) is 0 Å². The van der Waals surface area contributed by atoms with Crippen molar-refractivity contribution in [1.29, 1.82) is 0 Å². The van der Waals surface area contributed by atoms with E-state index in [0.29, 0.717) is 25.5 Å². The maximum absolute atomic E-state index is 12.3. The SMILES string of the molecule is CCOc1ncccc1CNC(=O)Cc1cccc2cccnc12. The van der Waals surface area contributed by atoms with Crippen molar-refractivity contribution in [3.63, 3.8) is 0 Å². The topological polar surface area (TPSA) is 64.1 Å². The summed E-state index contributed by atoms with van der Waals surface area (Å²) in [5, 5.41) is 3.96. The number of rotatable bonds is 6. The predicted octanol–water partition coefficient (Wildman–Crippen LogP) is 2.89. The van der Waals surface area contributed by atoms with Gasteiger partial charge in [-0.15, -0.1) is 0 Å². The molecule has 24 heavy (non-hydrogen) atoms. The minimum Gasteiger partial charge on any atom is -0.478 e. The Bertz CT molecular complexity index is 843. The van der Waals surface area contributed by atoms with Gasteiger partial charge >= 0.3 is 0 Å². The molecule has 2 heterocycles. The Balaban J connectivity index is 1.68. The van der Waals surface area contributed by atoms with Gasteiger partial charge in [-0.25, -0.2) is 4.98 Å². The van der Waals surface area contributed by atoms with Crippen LogP contribution in [-0.2, 0) is 17.8 Å². The molecule has 0 bridgehead atoms. The third kappa shape index (κ3) is 3.68. The third-order valence-electron chi connectivity index (χ3n) is 3.67. The van der Waals surface area contributed by atoms with Gasteiger partial charge in [0.05, 0.1) is 18.5 Å². The largest absolute Gasteiger partial charge is 0.478 e. The monoisotopic (exact) mass is 321 g/mol. The number of nitrogens with one attached hydrogen (secondary N) is 1. The summed E-state index contributed by atoms with van der Waals surface area (Å²) in [6.07, 6.45) is 3.71. The Labute approximate surface area is 140 Å². The summed E-state index contributed by atoms with van der Waals surface area (Å²) in [6, 6.07) is 13.5. The molecule has 0 radical (unpaired) electrons. The quantitative estimate of drug-likeness (QED) is 0.758. The summed E-state index contributed by atoms with van der Waals surface area (Å²) in [6.45, 7) is 2.84. The fraction of sp³-hybridized carbons (Fsp3) is 0.211. The molecule has 0 spiro atoms. The lowest BCUT2D eigenvalue weighted by molar-refractivity contribution is -0.120. The fourth-order valence-corrected chi connectivity index (χ4v) is 2.56. The van der Waals surface area contributed by atoms with Crippen molar-refractivity contribution >= 4 is 16.8 Å². The number of pyridine rings is 2. The zero-order valence-electron chi connectivity index (χ0n) is 13.5. The third-order valence-corrected chi connectivity index (χ3v) is 3.67. The van der Waals surface area contributed by atoms with E-state index in [9.17, 15) is 4.79 Å². The Hall–Kier alpha value is -2.95. The zero-order valence-corrected chi connectivity index (χ0v) is 13.5. The highest BCUT2D eigenvalue weighted by Gasteiger charge is 2.09. The summed E-state index contributed by atoms with van der Waals surface area (Å²) in [4.78, 5) is 20.9. The minimum atomic E-state index is -0.0561. The maximum atomic E-state index is 12.3. The van der Waals surface area contributed by atoms with Gasteiger partial charge in [0.1, 0.15) is 0 Å². The summed E-state index contributed by atoms with van der Waals surface area (Å²) in [7, 11) is 0. The van der Waals surface area contributed by atoms with Gasteiger partial charge in [0.2, 0.25) is 11.8 Å². The number of ether oxygens (including phenoxy) is 1. The molecule has 0 aliphatic carbocycles. The predicted molar refractivity (Wildman–Crippen MR) is 92.7 cm³/mol. The first kappa shape index (κ1) is 15.9. The lowest BCUT2D eigenvalue weighted by atomic mass is 10.1. The molecule has 1 N–H and O–H groups in total. The van der Waals surface area contributed by atoms with E-state index in [0.717, 1.165) is 22.0 Å². The van der Waals surface area contributed by atoms with E-state index in [-0.39, 0.29) is 5.91 Å². The highest BCUT2D eigenvalue weighted by molar-refractivity contribution is 5.87. The van der Waals surface area contributed by atoms with Crippen molar-refractivity contribution in [3.05, 3.63) is 66.0 Å². The summed E-state index contributed by atoms with van der Waals surface area (Å²) in [5.41, 5.74) is 2.65. The average Bonchev–Trinajstić information content (AvgIpc) is 2.62. The van der Waals surface area contributed by atoms with Crippen LogP contribution in [0, 0.1) is 0 Å². The molecule has 3 aromatic rings. The van der Waals surface area contributed by atoms with E-state index in [4.69, 9.17) is 4.74 Å². The second kappa shape index (κ2) is 7.55. The molecular formula is C19H19N3O2. The van der Waals surface area contributed by atoms with Crippen LogP contribution in [0.3, 0.4) is 0 Å². The van der Waals surface area contributed by atoms with Crippen molar-refractivity contribution in [2.75, 3.05) is 6.61 Å². The molecule has 0 aliphatic heterocycles. The van der Waals surface area contributed by atoms with Gasteiger partial charge in [-0.3, -0.25) is 9.78 Å². The number of aromatic nitrogens is 2. The number of hydrogen-bond acceptors (Lipinski definition) is 4. The van der Waals surface area contributed by atoms with Gasteiger partial charge in [-0.1, -0.05) is 30.3 Å². The van der Waals surface area contributed by atoms with E-state index in [2.05, 4.69) is 15.3 Å². The van der Waals surface area contributed by atoms with Crippen molar-refractivity contribution in [3.8, 4) is 5.88 Å². The van der Waals surface area contributed by atoms with Gasteiger partial charge in [0, 0.05) is 29.9 Å². The molecular weight excluding hydrogens is 302 g/mol. The molecule has 0 aliphatic rings. The number of para-hydroxylation sites is 1. The average molecular weight is 321 g/mol. The first-order valence-corrected chi connectivity index (χ1v) is 7.94. The van der Waals surface area contributed by atoms with Crippen molar-refractivity contribution in [1.82, 2.24) is 15.3 Å². The minimum absolute atomic E-state index is 0.0561.